The lowest BCUT2D eigenvalue weighted by molar-refractivity contribution is -0.123. The molecule has 3 N–H and O–H groups in total. The van der Waals surface area contributed by atoms with E-state index in [1.165, 1.54) is 18.2 Å². The van der Waals surface area contributed by atoms with E-state index in [1.807, 2.05) is 19.9 Å². The highest BCUT2D eigenvalue weighted by molar-refractivity contribution is 6.36. The van der Waals surface area contributed by atoms with Gasteiger partial charge in [0.05, 0.1) is 36.0 Å². The molecule has 0 aliphatic carbocycles. The molecule has 3 rings (SSSR count). The Kier molecular flexibility index (Phi) is 7.82. The fraction of sp³-hybridized carbons (Fsp3) is 0.318. The number of hydrogen-bond donors (Lipinski definition) is 3. The minimum Gasteiger partial charge on any atom is -0.492 e. The number of rotatable bonds is 8. The Morgan fingerprint density at radius 3 is 2.56 bits per heavy atom. The Bertz CT molecular complexity index is 1040. The third-order valence-corrected chi connectivity index (χ3v) is 5.15. The van der Waals surface area contributed by atoms with E-state index in [4.69, 9.17) is 32.7 Å². The molecule has 1 aliphatic heterocycles. The van der Waals surface area contributed by atoms with E-state index in [0.717, 1.165) is 12.0 Å². The summed E-state index contributed by atoms with van der Waals surface area (Å²) in [7, 11) is 0. The van der Waals surface area contributed by atoms with Crippen LogP contribution < -0.4 is 25.4 Å². The van der Waals surface area contributed by atoms with Crippen molar-refractivity contribution in [1.29, 1.82) is 0 Å². The molecule has 0 saturated heterocycles. The molecule has 2 aromatic carbocycles. The summed E-state index contributed by atoms with van der Waals surface area (Å²) in [4.78, 5) is 36.5. The van der Waals surface area contributed by atoms with Crippen molar-refractivity contribution in [2.24, 2.45) is 0 Å². The summed E-state index contributed by atoms with van der Waals surface area (Å²) in [5.41, 5.74) is 1.67. The maximum Gasteiger partial charge on any atom is 0.253 e. The summed E-state index contributed by atoms with van der Waals surface area (Å²) >= 11 is 11.8. The molecule has 3 amide bonds. The Morgan fingerprint density at radius 2 is 1.84 bits per heavy atom. The first kappa shape index (κ1) is 23.7. The van der Waals surface area contributed by atoms with Crippen LogP contribution in [0.1, 0.15) is 29.8 Å². The van der Waals surface area contributed by atoms with Gasteiger partial charge in [0.2, 0.25) is 11.8 Å². The van der Waals surface area contributed by atoms with E-state index in [2.05, 4.69) is 16.0 Å². The van der Waals surface area contributed by atoms with Gasteiger partial charge in [0, 0.05) is 23.1 Å². The molecular weight excluding hydrogens is 457 g/mol. The van der Waals surface area contributed by atoms with Crippen molar-refractivity contribution in [3.63, 3.8) is 0 Å². The van der Waals surface area contributed by atoms with Crippen molar-refractivity contribution < 1.29 is 23.9 Å². The minimum atomic E-state index is -0.533. The van der Waals surface area contributed by atoms with Crippen LogP contribution >= 0.6 is 23.2 Å². The standard InChI is InChI=1S/C22H23Cl2N3O5/c1-3-31-19-7-13-6-12(2)32-18(13)9-17(19)27-21(29)11-25-20(28)10-26-22(30)15-5-4-14(23)8-16(15)24/h4-5,7-9,12H,3,6,10-11H2,1-2H3,(H,25,28)(H,26,30)(H,27,29). The first-order valence-electron chi connectivity index (χ1n) is 10.0. The van der Waals surface area contributed by atoms with Crippen molar-refractivity contribution in [3.05, 3.63) is 51.5 Å². The predicted octanol–water partition coefficient (Wildman–Crippen LogP) is 3.20. The van der Waals surface area contributed by atoms with Gasteiger partial charge in [0.25, 0.3) is 5.91 Å². The zero-order valence-corrected chi connectivity index (χ0v) is 19.1. The molecule has 0 saturated carbocycles. The van der Waals surface area contributed by atoms with Crippen molar-refractivity contribution in [2.45, 2.75) is 26.4 Å². The van der Waals surface area contributed by atoms with Crippen LogP contribution in [0.4, 0.5) is 5.69 Å². The molecule has 0 bridgehead atoms. The number of nitrogens with one attached hydrogen (secondary N) is 3. The van der Waals surface area contributed by atoms with E-state index < -0.39 is 17.7 Å². The molecule has 0 aromatic heterocycles. The SMILES string of the molecule is CCOc1cc2c(cc1NC(=O)CNC(=O)CNC(=O)c1ccc(Cl)cc1Cl)OC(C)C2. The van der Waals surface area contributed by atoms with Crippen molar-refractivity contribution in [3.8, 4) is 11.5 Å². The number of amides is 3. The fourth-order valence-electron chi connectivity index (χ4n) is 3.18. The number of fused-ring (bicyclic) bond motifs is 1. The number of carbonyl (C=O) groups is 3. The average Bonchev–Trinajstić information content (AvgIpc) is 3.09. The summed E-state index contributed by atoms with van der Waals surface area (Å²) < 4.78 is 11.4. The van der Waals surface area contributed by atoms with Crippen LogP contribution in [0, 0.1) is 0 Å². The first-order chi connectivity index (χ1) is 15.3. The van der Waals surface area contributed by atoms with Gasteiger partial charge in [-0.2, -0.15) is 0 Å². The molecule has 10 heteroatoms. The summed E-state index contributed by atoms with van der Waals surface area (Å²) in [5, 5.41) is 8.19. The summed E-state index contributed by atoms with van der Waals surface area (Å²) in [6.07, 6.45) is 0.829. The van der Waals surface area contributed by atoms with E-state index in [-0.39, 0.29) is 29.8 Å². The molecule has 1 unspecified atom stereocenters. The van der Waals surface area contributed by atoms with Crippen LogP contribution in [-0.4, -0.2) is 43.5 Å². The summed E-state index contributed by atoms with van der Waals surface area (Å²) in [6, 6.07) is 7.99. The number of ether oxygens (including phenoxy) is 2. The second kappa shape index (κ2) is 10.6. The van der Waals surface area contributed by atoms with Crippen LogP contribution in [0.15, 0.2) is 30.3 Å². The third kappa shape index (κ3) is 6.05. The van der Waals surface area contributed by atoms with Crippen LogP contribution in [0.5, 0.6) is 11.5 Å². The summed E-state index contributed by atoms with van der Waals surface area (Å²) in [6.45, 7) is 3.65. The van der Waals surface area contributed by atoms with Crippen LogP contribution in [0.2, 0.25) is 10.0 Å². The number of carbonyl (C=O) groups excluding carboxylic acids is 3. The minimum absolute atomic E-state index is 0.0580. The highest BCUT2D eigenvalue weighted by Gasteiger charge is 2.22. The lowest BCUT2D eigenvalue weighted by atomic mass is 10.1. The molecule has 2 aromatic rings. The quantitative estimate of drug-likeness (QED) is 0.538. The number of benzene rings is 2. The lowest BCUT2D eigenvalue weighted by Crippen LogP contribution is -2.40. The number of anilines is 1. The average molecular weight is 480 g/mol. The van der Waals surface area contributed by atoms with Gasteiger partial charge in [-0.05, 0) is 38.1 Å². The van der Waals surface area contributed by atoms with Crippen molar-refractivity contribution in [1.82, 2.24) is 10.6 Å². The highest BCUT2D eigenvalue weighted by atomic mass is 35.5. The zero-order chi connectivity index (χ0) is 23.3. The molecule has 0 fully saturated rings. The topological polar surface area (TPSA) is 106 Å². The van der Waals surface area contributed by atoms with Crippen LogP contribution in [-0.2, 0) is 16.0 Å². The Hall–Kier alpha value is -2.97. The molecule has 0 spiro atoms. The van der Waals surface area contributed by atoms with Gasteiger partial charge in [-0.15, -0.1) is 0 Å². The number of halogens is 2. The Morgan fingerprint density at radius 1 is 1.09 bits per heavy atom. The molecule has 32 heavy (non-hydrogen) atoms. The Balaban J connectivity index is 1.51. The molecule has 8 nitrogen and oxygen atoms in total. The van der Waals surface area contributed by atoms with Crippen molar-refractivity contribution >= 4 is 46.6 Å². The van der Waals surface area contributed by atoms with Crippen molar-refractivity contribution in [2.75, 3.05) is 25.0 Å². The van der Waals surface area contributed by atoms with Gasteiger partial charge >= 0.3 is 0 Å². The smallest absolute Gasteiger partial charge is 0.253 e. The first-order valence-corrected chi connectivity index (χ1v) is 10.8. The molecule has 170 valence electrons. The lowest BCUT2D eigenvalue weighted by Gasteiger charge is -2.14. The van der Waals surface area contributed by atoms with Gasteiger partial charge in [0.1, 0.15) is 17.6 Å². The van der Waals surface area contributed by atoms with Gasteiger partial charge in [-0.1, -0.05) is 23.2 Å². The molecule has 1 heterocycles. The highest BCUT2D eigenvalue weighted by Crippen LogP contribution is 2.38. The second-order valence-electron chi connectivity index (χ2n) is 7.15. The maximum atomic E-state index is 12.3. The normalized spacial score (nSPS) is 14.2. The number of hydrogen-bond acceptors (Lipinski definition) is 5. The fourth-order valence-corrected chi connectivity index (χ4v) is 3.67. The van der Waals surface area contributed by atoms with Crippen LogP contribution in [0.25, 0.3) is 0 Å². The van der Waals surface area contributed by atoms with Gasteiger partial charge in [-0.3, -0.25) is 14.4 Å². The van der Waals surface area contributed by atoms with E-state index in [0.29, 0.717) is 28.8 Å². The van der Waals surface area contributed by atoms with Crippen LogP contribution in [0.3, 0.4) is 0 Å². The molecular formula is C22H23Cl2N3O5. The van der Waals surface area contributed by atoms with E-state index in [1.54, 1.807) is 6.07 Å². The Labute approximate surface area is 195 Å². The second-order valence-corrected chi connectivity index (χ2v) is 8.00. The van der Waals surface area contributed by atoms with Gasteiger partial charge < -0.3 is 25.4 Å². The zero-order valence-electron chi connectivity index (χ0n) is 17.6. The third-order valence-electron chi connectivity index (χ3n) is 4.60. The largest absolute Gasteiger partial charge is 0.492 e. The predicted molar refractivity (Wildman–Crippen MR) is 122 cm³/mol. The van der Waals surface area contributed by atoms with E-state index in [9.17, 15) is 14.4 Å². The summed E-state index contributed by atoms with van der Waals surface area (Å²) in [5.74, 6) is -0.272. The van der Waals surface area contributed by atoms with Gasteiger partial charge in [0.15, 0.2) is 0 Å². The molecule has 1 aliphatic rings. The maximum absolute atomic E-state index is 12.3. The molecule has 0 radical (unpaired) electrons. The van der Waals surface area contributed by atoms with Gasteiger partial charge in [-0.25, -0.2) is 0 Å². The van der Waals surface area contributed by atoms with E-state index >= 15 is 0 Å². The molecule has 1 atom stereocenters. The monoisotopic (exact) mass is 479 g/mol.